The van der Waals surface area contributed by atoms with Crippen LogP contribution in [0.5, 0.6) is 0 Å². The van der Waals surface area contributed by atoms with Gasteiger partial charge in [0, 0.05) is 18.6 Å². The lowest BCUT2D eigenvalue weighted by Gasteiger charge is -2.51. The van der Waals surface area contributed by atoms with Gasteiger partial charge in [-0.05, 0) is 71.0 Å². The molecule has 1 saturated heterocycles. The second-order valence-corrected chi connectivity index (χ2v) is 9.87. The highest BCUT2D eigenvalue weighted by Crippen LogP contribution is 2.49. The smallest absolute Gasteiger partial charge is 0.325 e. The van der Waals surface area contributed by atoms with E-state index in [1.165, 1.54) is 24.8 Å². The molecule has 6 heteroatoms. The molecule has 0 bridgehead atoms. The Morgan fingerprint density at radius 2 is 1.81 bits per heavy atom. The Hall–Kier alpha value is -2.08. The zero-order valence-corrected chi connectivity index (χ0v) is 19.3. The average Bonchev–Trinajstić information content (AvgIpc) is 2.97. The number of benzene rings is 1. The molecule has 2 aliphatic carbocycles. The van der Waals surface area contributed by atoms with Gasteiger partial charge >= 0.3 is 12.0 Å². The summed E-state index contributed by atoms with van der Waals surface area (Å²) in [6, 6.07) is 10.8. The van der Waals surface area contributed by atoms with Gasteiger partial charge in [-0.25, -0.2) is 4.79 Å². The number of hydrogen-bond donors (Lipinski definition) is 0. The highest BCUT2D eigenvalue weighted by Gasteiger charge is 2.55. The van der Waals surface area contributed by atoms with Crippen LogP contribution in [0.15, 0.2) is 30.3 Å². The number of nitrogens with zero attached hydrogens (tertiary/aromatic N) is 3. The van der Waals surface area contributed by atoms with E-state index in [-0.39, 0.29) is 29.6 Å². The minimum Gasteiger partial charge on any atom is -0.465 e. The molecule has 2 amide bonds. The summed E-state index contributed by atoms with van der Waals surface area (Å²) in [5, 5.41) is 0. The van der Waals surface area contributed by atoms with E-state index in [0.29, 0.717) is 19.1 Å². The second kappa shape index (κ2) is 8.81. The van der Waals surface area contributed by atoms with Crippen LogP contribution in [0.1, 0.15) is 57.4 Å². The van der Waals surface area contributed by atoms with Crippen molar-refractivity contribution in [3.05, 3.63) is 35.9 Å². The summed E-state index contributed by atoms with van der Waals surface area (Å²) in [6.45, 7) is 3.68. The predicted molar refractivity (Wildman–Crippen MR) is 121 cm³/mol. The maximum atomic E-state index is 13.4. The van der Waals surface area contributed by atoms with Gasteiger partial charge in [0.25, 0.3) is 0 Å². The van der Waals surface area contributed by atoms with Crippen LogP contribution in [-0.4, -0.2) is 72.6 Å². The zero-order valence-electron chi connectivity index (χ0n) is 19.3. The maximum Gasteiger partial charge on any atom is 0.325 e. The number of hydrogen-bond acceptors (Lipinski definition) is 4. The molecule has 170 valence electrons. The molecule has 0 unspecified atom stereocenters. The molecule has 6 nitrogen and oxygen atoms in total. The van der Waals surface area contributed by atoms with Crippen LogP contribution in [-0.2, 0) is 15.1 Å². The summed E-state index contributed by atoms with van der Waals surface area (Å²) in [5.74, 6) is 0.303. The molecule has 4 rings (SSSR count). The van der Waals surface area contributed by atoms with Crippen LogP contribution in [0.25, 0.3) is 0 Å². The molecule has 0 N–H and O–H groups in total. The highest BCUT2D eigenvalue weighted by molar-refractivity contribution is 5.83. The number of carbonyl (C=O) groups is 2. The predicted octanol–water partition coefficient (Wildman–Crippen LogP) is 3.86. The molecular formula is C25H37N3O3. The van der Waals surface area contributed by atoms with Crippen molar-refractivity contribution in [2.24, 2.45) is 5.92 Å². The number of rotatable bonds is 7. The Balaban J connectivity index is 1.56. The zero-order chi connectivity index (χ0) is 22.1. The van der Waals surface area contributed by atoms with Gasteiger partial charge < -0.3 is 14.5 Å². The third-order valence-electron chi connectivity index (χ3n) is 8.03. The molecule has 1 spiro atoms. The molecule has 1 aromatic rings. The molecule has 1 aliphatic heterocycles. The van der Waals surface area contributed by atoms with Gasteiger partial charge in [0.05, 0.1) is 12.1 Å². The summed E-state index contributed by atoms with van der Waals surface area (Å²) in [4.78, 5) is 31.8. The minimum atomic E-state index is -0.306. The van der Waals surface area contributed by atoms with Crippen LogP contribution in [0, 0.1) is 5.92 Å². The molecule has 3 aliphatic rings. The van der Waals surface area contributed by atoms with Crippen LogP contribution < -0.4 is 0 Å². The van der Waals surface area contributed by atoms with Crippen molar-refractivity contribution in [3.8, 4) is 0 Å². The van der Waals surface area contributed by atoms with E-state index in [0.717, 1.165) is 32.2 Å². The SMILES string of the molecule is CCOC(=O)CN1C[C@]2(CC[C@](c3ccccc3)(N(C)C)CC2)N(CC2CCC2)C1=O. The van der Waals surface area contributed by atoms with Gasteiger partial charge in [-0.15, -0.1) is 0 Å². The molecule has 2 saturated carbocycles. The van der Waals surface area contributed by atoms with Gasteiger partial charge in [-0.2, -0.15) is 0 Å². The molecule has 0 aromatic heterocycles. The largest absolute Gasteiger partial charge is 0.465 e. The quantitative estimate of drug-likeness (QED) is 0.620. The van der Waals surface area contributed by atoms with E-state index in [2.05, 4.69) is 54.2 Å². The first-order valence-corrected chi connectivity index (χ1v) is 11.9. The van der Waals surface area contributed by atoms with Crippen LogP contribution in [0.3, 0.4) is 0 Å². The Morgan fingerprint density at radius 1 is 1.13 bits per heavy atom. The molecule has 1 aromatic carbocycles. The van der Waals surface area contributed by atoms with E-state index in [1.807, 2.05) is 0 Å². The Labute approximate surface area is 186 Å². The van der Waals surface area contributed by atoms with Crippen LogP contribution in [0.2, 0.25) is 0 Å². The number of carbonyl (C=O) groups excluding carboxylic acids is 2. The summed E-state index contributed by atoms with van der Waals surface area (Å²) in [7, 11) is 4.34. The summed E-state index contributed by atoms with van der Waals surface area (Å²) < 4.78 is 5.14. The van der Waals surface area contributed by atoms with Gasteiger partial charge in [0.1, 0.15) is 6.54 Å². The summed E-state index contributed by atoms with van der Waals surface area (Å²) >= 11 is 0. The van der Waals surface area contributed by atoms with Gasteiger partial charge in [-0.3, -0.25) is 9.69 Å². The van der Waals surface area contributed by atoms with Crippen LogP contribution >= 0.6 is 0 Å². The highest BCUT2D eigenvalue weighted by atomic mass is 16.5. The average molecular weight is 428 g/mol. The Kier molecular flexibility index (Phi) is 6.29. The van der Waals surface area contributed by atoms with E-state index < -0.39 is 0 Å². The fourth-order valence-electron chi connectivity index (χ4n) is 5.87. The summed E-state index contributed by atoms with van der Waals surface area (Å²) in [6.07, 6.45) is 7.61. The molecule has 0 radical (unpaired) electrons. The minimum absolute atomic E-state index is 0.00768. The molecule has 0 atom stereocenters. The number of amides is 2. The lowest BCUT2D eigenvalue weighted by molar-refractivity contribution is -0.143. The number of ether oxygens (including phenoxy) is 1. The normalized spacial score (nSPS) is 29.0. The van der Waals surface area contributed by atoms with E-state index >= 15 is 0 Å². The lowest BCUT2D eigenvalue weighted by atomic mass is 9.68. The van der Waals surface area contributed by atoms with Crippen molar-refractivity contribution in [2.75, 3.05) is 40.3 Å². The lowest BCUT2D eigenvalue weighted by Crippen LogP contribution is -2.56. The van der Waals surface area contributed by atoms with Crippen molar-refractivity contribution in [1.82, 2.24) is 14.7 Å². The van der Waals surface area contributed by atoms with Crippen molar-refractivity contribution >= 4 is 12.0 Å². The van der Waals surface area contributed by atoms with E-state index in [9.17, 15) is 9.59 Å². The third-order valence-corrected chi connectivity index (χ3v) is 8.03. The molecule has 31 heavy (non-hydrogen) atoms. The molecular weight excluding hydrogens is 390 g/mol. The first-order valence-electron chi connectivity index (χ1n) is 11.9. The fourth-order valence-corrected chi connectivity index (χ4v) is 5.87. The maximum absolute atomic E-state index is 13.4. The number of esters is 1. The third kappa shape index (κ3) is 4.07. The van der Waals surface area contributed by atoms with Gasteiger partial charge in [0.15, 0.2) is 0 Å². The Morgan fingerprint density at radius 3 is 2.35 bits per heavy atom. The van der Waals surface area contributed by atoms with Gasteiger partial charge in [0.2, 0.25) is 0 Å². The fraction of sp³-hybridized carbons (Fsp3) is 0.680. The van der Waals surface area contributed by atoms with E-state index in [4.69, 9.17) is 4.74 Å². The van der Waals surface area contributed by atoms with Crippen molar-refractivity contribution in [3.63, 3.8) is 0 Å². The molecule has 3 fully saturated rings. The number of urea groups is 1. The first-order chi connectivity index (χ1) is 14.9. The molecule has 1 heterocycles. The summed E-state index contributed by atoms with van der Waals surface area (Å²) in [5.41, 5.74) is 1.17. The van der Waals surface area contributed by atoms with E-state index in [1.54, 1.807) is 11.8 Å². The van der Waals surface area contributed by atoms with Crippen molar-refractivity contribution in [1.29, 1.82) is 0 Å². The first kappa shape index (κ1) is 22.1. The van der Waals surface area contributed by atoms with Crippen molar-refractivity contribution in [2.45, 2.75) is 62.9 Å². The van der Waals surface area contributed by atoms with Gasteiger partial charge in [-0.1, -0.05) is 36.8 Å². The van der Waals surface area contributed by atoms with Crippen molar-refractivity contribution < 1.29 is 14.3 Å². The standard InChI is InChI=1S/C25H37N3O3/c1-4-31-22(29)18-27-19-24(28(23(27)30)17-20-9-8-10-20)13-15-25(16-14-24,26(2)3)21-11-6-5-7-12-21/h5-7,11-12,20H,4,8-10,13-19H2,1-3H3/t24-,25+. The van der Waals surface area contributed by atoms with Crippen LogP contribution in [0.4, 0.5) is 4.79 Å². The monoisotopic (exact) mass is 427 g/mol. The Bertz CT molecular complexity index is 782. The topological polar surface area (TPSA) is 53.1 Å². The second-order valence-electron chi connectivity index (χ2n) is 9.87.